The Morgan fingerprint density at radius 3 is 2.61 bits per heavy atom. The molecule has 1 aromatic rings. The van der Waals surface area contributed by atoms with E-state index < -0.39 is 0 Å². The molecular weight excluding hydrogens is 242 g/mol. The number of thioether (sulfide) groups is 1. The summed E-state index contributed by atoms with van der Waals surface area (Å²) in [4.78, 5) is 5.51. The van der Waals surface area contributed by atoms with E-state index in [9.17, 15) is 0 Å². The van der Waals surface area contributed by atoms with Crippen LogP contribution in [0.25, 0.3) is 0 Å². The van der Waals surface area contributed by atoms with Gasteiger partial charge >= 0.3 is 0 Å². The third kappa shape index (κ3) is 6.55. The Morgan fingerprint density at radius 1 is 1.28 bits per heavy atom. The first-order valence-electron chi connectivity index (χ1n) is 6.37. The lowest BCUT2D eigenvalue weighted by molar-refractivity contribution is 0.696. The monoisotopic (exact) mass is 265 g/mol. The molecule has 100 valence electrons. The first-order valence-corrected chi connectivity index (χ1v) is 7.36. The highest BCUT2D eigenvalue weighted by molar-refractivity contribution is 7.99. The summed E-state index contributed by atoms with van der Waals surface area (Å²) in [6.45, 7) is 5.17. The van der Waals surface area contributed by atoms with Crippen molar-refractivity contribution in [3.05, 3.63) is 30.3 Å². The van der Waals surface area contributed by atoms with Crippen LogP contribution in [-0.4, -0.2) is 31.3 Å². The zero-order chi connectivity index (χ0) is 13.2. The van der Waals surface area contributed by atoms with Crippen molar-refractivity contribution in [2.24, 2.45) is 4.99 Å². The van der Waals surface area contributed by atoms with E-state index >= 15 is 0 Å². The van der Waals surface area contributed by atoms with Crippen LogP contribution in [0, 0.1) is 0 Å². The Kier molecular flexibility index (Phi) is 7.34. The maximum atomic E-state index is 4.17. The average molecular weight is 265 g/mol. The Balaban J connectivity index is 2.11. The van der Waals surface area contributed by atoms with Crippen molar-refractivity contribution in [3.8, 4) is 0 Å². The molecule has 2 N–H and O–H groups in total. The number of benzene rings is 1. The van der Waals surface area contributed by atoms with Crippen LogP contribution in [-0.2, 0) is 0 Å². The maximum Gasteiger partial charge on any atom is 0.191 e. The van der Waals surface area contributed by atoms with E-state index in [4.69, 9.17) is 0 Å². The second-order valence-electron chi connectivity index (χ2n) is 4.31. The molecule has 4 heteroatoms. The van der Waals surface area contributed by atoms with Crippen LogP contribution in [0.2, 0.25) is 0 Å². The second kappa shape index (κ2) is 8.86. The van der Waals surface area contributed by atoms with Gasteiger partial charge in [0.25, 0.3) is 0 Å². The predicted molar refractivity (Wildman–Crippen MR) is 81.4 cm³/mol. The molecule has 18 heavy (non-hydrogen) atoms. The van der Waals surface area contributed by atoms with Crippen molar-refractivity contribution in [2.75, 3.05) is 19.3 Å². The molecule has 0 aliphatic heterocycles. The van der Waals surface area contributed by atoms with E-state index in [2.05, 4.69) is 53.7 Å². The Morgan fingerprint density at radius 2 is 2.00 bits per heavy atom. The van der Waals surface area contributed by atoms with Gasteiger partial charge in [0.1, 0.15) is 0 Å². The van der Waals surface area contributed by atoms with Crippen LogP contribution in [0.15, 0.2) is 40.2 Å². The Labute approximate surface area is 114 Å². The van der Waals surface area contributed by atoms with Crippen LogP contribution in [0.1, 0.15) is 20.3 Å². The minimum absolute atomic E-state index is 0.412. The summed E-state index contributed by atoms with van der Waals surface area (Å²) in [6.07, 6.45) is 1.12. The van der Waals surface area contributed by atoms with Gasteiger partial charge in [-0.3, -0.25) is 4.99 Å². The van der Waals surface area contributed by atoms with Gasteiger partial charge in [-0.25, -0.2) is 0 Å². The standard InChI is InChI=1S/C14H23N3S/c1-12(2)17-14(15-3)16-10-7-11-18-13-8-5-4-6-9-13/h4-6,8-9,12H,7,10-11H2,1-3H3,(H2,15,16,17). The van der Waals surface area contributed by atoms with Gasteiger partial charge < -0.3 is 10.6 Å². The predicted octanol–water partition coefficient (Wildman–Crippen LogP) is 2.74. The van der Waals surface area contributed by atoms with Gasteiger partial charge in [0.05, 0.1) is 0 Å². The molecule has 0 heterocycles. The molecule has 0 atom stereocenters. The summed E-state index contributed by atoms with van der Waals surface area (Å²) in [6, 6.07) is 10.9. The van der Waals surface area contributed by atoms with Crippen molar-refractivity contribution < 1.29 is 0 Å². The highest BCUT2D eigenvalue weighted by Gasteiger charge is 1.99. The summed E-state index contributed by atoms with van der Waals surface area (Å²) in [5.74, 6) is 2.00. The molecule has 0 radical (unpaired) electrons. The summed E-state index contributed by atoms with van der Waals surface area (Å²) < 4.78 is 0. The SMILES string of the molecule is CN=C(NCCCSc1ccccc1)NC(C)C. The Bertz CT molecular complexity index is 349. The molecule has 3 nitrogen and oxygen atoms in total. The fourth-order valence-corrected chi connectivity index (χ4v) is 2.33. The molecule has 0 spiro atoms. The molecule has 0 saturated carbocycles. The van der Waals surface area contributed by atoms with E-state index in [1.807, 2.05) is 17.8 Å². The van der Waals surface area contributed by atoms with Crippen LogP contribution in [0.5, 0.6) is 0 Å². The van der Waals surface area contributed by atoms with Crippen molar-refractivity contribution in [1.29, 1.82) is 0 Å². The zero-order valence-electron chi connectivity index (χ0n) is 11.4. The lowest BCUT2D eigenvalue weighted by atomic mass is 10.4. The summed E-state index contributed by atoms with van der Waals surface area (Å²) in [5.41, 5.74) is 0. The van der Waals surface area contributed by atoms with E-state index in [0.717, 1.165) is 24.7 Å². The van der Waals surface area contributed by atoms with Crippen molar-refractivity contribution in [2.45, 2.75) is 31.2 Å². The topological polar surface area (TPSA) is 36.4 Å². The molecule has 0 aliphatic carbocycles. The lowest BCUT2D eigenvalue weighted by Gasteiger charge is -2.14. The summed E-state index contributed by atoms with van der Waals surface area (Å²) >= 11 is 1.89. The smallest absolute Gasteiger partial charge is 0.191 e. The fourth-order valence-electron chi connectivity index (χ4n) is 1.45. The van der Waals surface area contributed by atoms with Gasteiger partial charge in [-0.05, 0) is 38.2 Å². The first-order chi connectivity index (χ1) is 8.72. The second-order valence-corrected chi connectivity index (χ2v) is 5.48. The number of aliphatic imine (C=N–C) groups is 1. The molecule has 0 aromatic heterocycles. The first kappa shape index (κ1) is 14.9. The molecule has 1 rings (SSSR count). The minimum Gasteiger partial charge on any atom is -0.356 e. The molecule has 0 fully saturated rings. The highest BCUT2D eigenvalue weighted by atomic mass is 32.2. The molecular formula is C14H23N3S. The van der Waals surface area contributed by atoms with E-state index in [-0.39, 0.29) is 0 Å². The van der Waals surface area contributed by atoms with Crippen molar-refractivity contribution in [1.82, 2.24) is 10.6 Å². The maximum absolute atomic E-state index is 4.17. The van der Waals surface area contributed by atoms with Gasteiger partial charge in [0.2, 0.25) is 0 Å². The molecule has 0 saturated heterocycles. The van der Waals surface area contributed by atoms with Gasteiger partial charge in [-0.2, -0.15) is 0 Å². The van der Waals surface area contributed by atoms with E-state index in [1.165, 1.54) is 4.90 Å². The number of rotatable bonds is 6. The molecule has 0 unspecified atom stereocenters. The normalized spacial score (nSPS) is 11.7. The quantitative estimate of drug-likeness (QED) is 0.359. The molecule has 0 bridgehead atoms. The van der Waals surface area contributed by atoms with Gasteiger partial charge in [0.15, 0.2) is 5.96 Å². The molecule has 1 aromatic carbocycles. The fraction of sp³-hybridized carbons (Fsp3) is 0.500. The van der Waals surface area contributed by atoms with Crippen LogP contribution in [0.3, 0.4) is 0 Å². The van der Waals surface area contributed by atoms with Crippen molar-refractivity contribution >= 4 is 17.7 Å². The van der Waals surface area contributed by atoms with Crippen LogP contribution < -0.4 is 10.6 Å². The molecule has 0 aliphatic rings. The summed E-state index contributed by atoms with van der Waals surface area (Å²) in [7, 11) is 1.80. The average Bonchev–Trinajstić information content (AvgIpc) is 2.37. The zero-order valence-corrected chi connectivity index (χ0v) is 12.3. The molecule has 0 amide bonds. The Hall–Kier alpha value is -1.16. The number of guanidine groups is 1. The lowest BCUT2D eigenvalue weighted by Crippen LogP contribution is -2.41. The minimum atomic E-state index is 0.412. The number of hydrogen-bond acceptors (Lipinski definition) is 2. The third-order valence-corrected chi connectivity index (χ3v) is 3.37. The van der Waals surface area contributed by atoms with Crippen molar-refractivity contribution in [3.63, 3.8) is 0 Å². The van der Waals surface area contributed by atoms with Gasteiger partial charge in [0, 0.05) is 24.5 Å². The number of nitrogens with one attached hydrogen (secondary N) is 2. The van der Waals surface area contributed by atoms with Gasteiger partial charge in [-0.15, -0.1) is 11.8 Å². The van der Waals surface area contributed by atoms with Crippen LogP contribution >= 0.6 is 11.8 Å². The summed E-state index contributed by atoms with van der Waals surface area (Å²) in [5, 5.41) is 6.58. The highest BCUT2D eigenvalue weighted by Crippen LogP contribution is 2.17. The largest absolute Gasteiger partial charge is 0.356 e. The number of nitrogens with zero attached hydrogens (tertiary/aromatic N) is 1. The van der Waals surface area contributed by atoms with E-state index in [1.54, 1.807) is 7.05 Å². The van der Waals surface area contributed by atoms with Gasteiger partial charge in [-0.1, -0.05) is 18.2 Å². The number of hydrogen-bond donors (Lipinski definition) is 2. The van der Waals surface area contributed by atoms with E-state index in [0.29, 0.717) is 6.04 Å². The third-order valence-electron chi connectivity index (χ3n) is 2.27. The van der Waals surface area contributed by atoms with Crippen LogP contribution in [0.4, 0.5) is 0 Å².